The maximum absolute atomic E-state index is 3.81. The van der Waals surface area contributed by atoms with Gasteiger partial charge in [-0.1, -0.05) is 6.92 Å². The first-order valence-corrected chi connectivity index (χ1v) is 7.15. The van der Waals surface area contributed by atoms with E-state index in [1.165, 1.54) is 51.9 Å². The number of nitrogens with zero attached hydrogens (tertiary/aromatic N) is 1. The Kier molecular flexibility index (Phi) is 2.75. The van der Waals surface area contributed by atoms with Crippen LogP contribution in [0.3, 0.4) is 0 Å². The lowest BCUT2D eigenvalue weighted by atomic mass is 9.95. The number of hydrogen-bond acceptors (Lipinski definition) is 2. The highest BCUT2D eigenvalue weighted by molar-refractivity contribution is 5.01. The third-order valence-corrected chi connectivity index (χ3v) is 4.98. The molecule has 16 heavy (non-hydrogen) atoms. The van der Waals surface area contributed by atoms with Gasteiger partial charge in [-0.3, -0.25) is 0 Å². The Bertz CT molecular complexity index is 261. The summed E-state index contributed by atoms with van der Waals surface area (Å²) in [5.74, 6) is 2.98. The third kappa shape index (κ3) is 2.28. The summed E-state index contributed by atoms with van der Waals surface area (Å²) in [6, 6.07) is 0. The van der Waals surface area contributed by atoms with Crippen LogP contribution in [0.5, 0.6) is 0 Å². The molecule has 0 spiro atoms. The smallest absolute Gasteiger partial charge is 0.0308 e. The zero-order chi connectivity index (χ0) is 11.2. The summed E-state index contributed by atoms with van der Waals surface area (Å²) in [4.78, 5) is 2.74. The summed E-state index contributed by atoms with van der Waals surface area (Å²) in [6.45, 7) is 10.1. The van der Waals surface area contributed by atoms with Gasteiger partial charge in [0.1, 0.15) is 0 Å². The molecule has 0 aromatic rings. The van der Waals surface area contributed by atoms with Crippen molar-refractivity contribution in [3.8, 4) is 0 Å². The molecule has 3 aliphatic rings. The molecule has 2 nitrogen and oxygen atoms in total. The van der Waals surface area contributed by atoms with E-state index in [-0.39, 0.29) is 0 Å². The van der Waals surface area contributed by atoms with E-state index in [1.807, 2.05) is 0 Å². The van der Waals surface area contributed by atoms with Crippen LogP contribution in [0.2, 0.25) is 0 Å². The summed E-state index contributed by atoms with van der Waals surface area (Å²) in [6.07, 6.45) is 5.72. The molecular weight excluding hydrogens is 196 g/mol. The van der Waals surface area contributed by atoms with E-state index in [0.29, 0.717) is 5.54 Å². The van der Waals surface area contributed by atoms with Crippen LogP contribution in [0.15, 0.2) is 0 Å². The van der Waals surface area contributed by atoms with Crippen molar-refractivity contribution < 1.29 is 0 Å². The maximum Gasteiger partial charge on any atom is 0.0308 e. The molecule has 1 heterocycles. The fourth-order valence-corrected chi connectivity index (χ4v) is 3.41. The summed E-state index contributed by atoms with van der Waals surface area (Å²) in [7, 11) is 0. The molecule has 1 N–H and O–H groups in total. The largest absolute Gasteiger partial charge is 0.310 e. The summed E-state index contributed by atoms with van der Waals surface area (Å²) in [5.41, 5.74) is 0.425. The molecule has 0 aromatic carbocycles. The SMILES string of the molecule is CC1CC1CN1CCCNC(C)(C2CC2)C1. The lowest BCUT2D eigenvalue weighted by Crippen LogP contribution is -2.51. The monoisotopic (exact) mass is 222 g/mol. The number of hydrogen-bond donors (Lipinski definition) is 1. The Hall–Kier alpha value is -0.0800. The summed E-state index contributed by atoms with van der Waals surface area (Å²) in [5, 5.41) is 3.81. The topological polar surface area (TPSA) is 15.3 Å². The van der Waals surface area contributed by atoms with Crippen molar-refractivity contribution in [1.29, 1.82) is 0 Å². The van der Waals surface area contributed by atoms with E-state index in [2.05, 4.69) is 24.1 Å². The minimum Gasteiger partial charge on any atom is -0.310 e. The quantitative estimate of drug-likeness (QED) is 0.787. The Morgan fingerprint density at radius 3 is 2.75 bits per heavy atom. The third-order valence-electron chi connectivity index (χ3n) is 4.98. The van der Waals surface area contributed by atoms with Crippen molar-refractivity contribution in [3.05, 3.63) is 0 Å². The highest BCUT2D eigenvalue weighted by Gasteiger charge is 2.44. The van der Waals surface area contributed by atoms with E-state index < -0.39 is 0 Å². The predicted octanol–water partition coefficient (Wildman–Crippen LogP) is 2.11. The number of rotatable bonds is 3. The van der Waals surface area contributed by atoms with Crippen molar-refractivity contribution in [2.75, 3.05) is 26.2 Å². The Labute approximate surface area is 99.8 Å². The highest BCUT2D eigenvalue weighted by atomic mass is 15.2. The maximum atomic E-state index is 3.81. The molecule has 0 radical (unpaired) electrons. The second kappa shape index (κ2) is 3.99. The molecule has 2 heteroatoms. The van der Waals surface area contributed by atoms with Crippen LogP contribution in [0, 0.1) is 17.8 Å². The predicted molar refractivity (Wildman–Crippen MR) is 67.5 cm³/mol. The van der Waals surface area contributed by atoms with E-state index in [1.54, 1.807) is 0 Å². The van der Waals surface area contributed by atoms with Gasteiger partial charge in [0.25, 0.3) is 0 Å². The fourth-order valence-electron chi connectivity index (χ4n) is 3.41. The molecule has 3 rings (SSSR count). The normalized spacial score (nSPS) is 45.4. The Morgan fingerprint density at radius 2 is 2.12 bits per heavy atom. The summed E-state index contributed by atoms with van der Waals surface area (Å²) < 4.78 is 0. The van der Waals surface area contributed by atoms with Gasteiger partial charge in [0, 0.05) is 18.6 Å². The van der Waals surface area contributed by atoms with Gasteiger partial charge in [0.2, 0.25) is 0 Å². The van der Waals surface area contributed by atoms with Gasteiger partial charge in [-0.15, -0.1) is 0 Å². The van der Waals surface area contributed by atoms with Crippen LogP contribution in [0.4, 0.5) is 0 Å². The average Bonchev–Trinajstić information content (AvgIpc) is 3.06. The zero-order valence-electron chi connectivity index (χ0n) is 10.8. The molecule has 2 aliphatic carbocycles. The molecular formula is C14H26N2. The van der Waals surface area contributed by atoms with Crippen molar-refractivity contribution in [2.24, 2.45) is 17.8 Å². The van der Waals surface area contributed by atoms with Gasteiger partial charge in [-0.05, 0) is 63.5 Å². The van der Waals surface area contributed by atoms with Crippen molar-refractivity contribution in [2.45, 2.75) is 45.1 Å². The molecule has 3 unspecified atom stereocenters. The zero-order valence-corrected chi connectivity index (χ0v) is 10.8. The molecule has 1 saturated heterocycles. The molecule has 2 saturated carbocycles. The fraction of sp³-hybridized carbons (Fsp3) is 1.00. The molecule has 3 atom stereocenters. The van der Waals surface area contributed by atoms with Crippen LogP contribution in [-0.4, -0.2) is 36.6 Å². The van der Waals surface area contributed by atoms with Crippen molar-refractivity contribution >= 4 is 0 Å². The van der Waals surface area contributed by atoms with Crippen LogP contribution in [-0.2, 0) is 0 Å². The van der Waals surface area contributed by atoms with E-state index in [0.717, 1.165) is 17.8 Å². The van der Waals surface area contributed by atoms with Gasteiger partial charge < -0.3 is 10.2 Å². The molecule has 0 bridgehead atoms. The Morgan fingerprint density at radius 1 is 1.38 bits per heavy atom. The Balaban J connectivity index is 1.60. The average molecular weight is 222 g/mol. The summed E-state index contributed by atoms with van der Waals surface area (Å²) >= 11 is 0. The first kappa shape index (κ1) is 11.0. The molecule has 0 amide bonds. The van der Waals surface area contributed by atoms with Crippen LogP contribution < -0.4 is 5.32 Å². The molecule has 0 aromatic heterocycles. The molecule has 1 aliphatic heterocycles. The first-order valence-electron chi connectivity index (χ1n) is 7.15. The molecule has 92 valence electrons. The van der Waals surface area contributed by atoms with E-state index in [9.17, 15) is 0 Å². The van der Waals surface area contributed by atoms with Crippen molar-refractivity contribution in [3.63, 3.8) is 0 Å². The lowest BCUT2D eigenvalue weighted by Gasteiger charge is -2.34. The van der Waals surface area contributed by atoms with Gasteiger partial charge >= 0.3 is 0 Å². The highest BCUT2D eigenvalue weighted by Crippen LogP contribution is 2.42. The van der Waals surface area contributed by atoms with Gasteiger partial charge in [0.05, 0.1) is 0 Å². The van der Waals surface area contributed by atoms with E-state index >= 15 is 0 Å². The minimum absolute atomic E-state index is 0.425. The van der Waals surface area contributed by atoms with Gasteiger partial charge in [-0.25, -0.2) is 0 Å². The van der Waals surface area contributed by atoms with Crippen molar-refractivity contribution in [1.82, 2.24) is 10.2 Å². The standard InChI is InChI=1S/C14H26N2/c1-11-8-12(11)9-16-7-3-6-15-14(2,10-16)13-4-5-13/h11-13,15H,3-10H2,1-2H3. The second-order valence-electron chi connectivity index (χ2n) is 6.68. The minimum atomic E-state index is 0.425. The first-order chi connectivity index (χ1) is 7.67. The van der Waals surface area contributed by atoms with Crippen LogP contribution in [0.1, 0.15) is 39.5 Å². The van der Waals surface area contributed by atoms with Crippen LogP contribution in [0.25, 0.3) is 0 Å². The number of nitrogens with one attached hydrogen (secondary N) is 1. The van der Waals surface area contributed by atoms with Gasteiger partial charge in [-0.2, -0.15) is 0 Å². The molecule has 3 fully saturated rings. The van der Waals surface area contributed by atoms with E-state index in [4.69, 9.17) is 0 Å². The van der Waals surface area contributed by atoms with Gasteiger partial charge in [0.15, 0.2) is 0 Å². The second-order valence-corrected chi connectivity index (χ2v) is 6.68. The lowest BCUT2D eigenvalue weighted by molar-refractivity contribution is 0.193. The van der Waals surface area contributed by atoms with Crippen LogP contribution >= 0.6 is 0 Å².